The van der Waals surface area contributed by atoms with E-state index in [4.69, 9.17) is 18.9 Å². The van der Waals surface area contributed by atoms with Gasteiger partial charge in [-0.1, -0.05) is 233 Å². The number of hydrogen-bond donors (Lipinski definition) is 1. The van der Waals surface area contributed by atoms with Crippen molar-refractivity contribution in [1.82, 2.24) is 0 Å². The van der Waals surface area contributed by atoms with Crippen molar-refractivity contribution in [3.63, 3.8) is 0 Å². The quantitative estimate of drug-likeness (QED) is 0.0211. The van der Waals surface area contributed by atoms with E-state index in [0.29, 0.717) is 17.4 Å². The number of ether oxygens (including phenoxy) is 4. The Hall–Kier alpha value is -3.79. The number of rotatable bonds is 53. The van der Waals surface area contributed by atoms with Crippen LogP contribution in [0.15, 0.2) is 97.2 Å². The number of carbonyl (C=O) groups excluding carboxylic acids is 2. The number of unbranched alkanes of at least 4 members (excludes halogenated alkanes) is 22. The lowest BCUT2D eigenvalue weighted by Gasteiger charge is -2.25. The van der Waals surface area contributed by atoms with Crippen LogP contribution in [0.3, 0.4) is 0 Å². The number of hydrogen-bond acceptors (Lipinski definition) is 7. The van der Waals surface area contributed by atoms with Crippen molar-refractivity contribution in [2.45, 2.75) is 245 Å². The standard InChI is InChI=1S/C64H109NO8/c1-6-8-10-12-14-16-18-20-22-24-26-27-28-29-30-31-32-33-34-35-37-38-40-42-44-46-48-50-52-54-61(66)71-58-60(59-72-64(63(68)69)70-57-56-65(3,4)5)73-62(67)55-53-51-49-47-45-43-41-39-36-25-23-21-19-17-15-13-11-9-7-2/h9,11,15,17-18,20-21,23-24,26,36,39,43,45,49,51,60,64H,6-8,10,12-14,16,19,22,25,27-35,37-38,40-42,44,46-48,50,52-59H2,1-5H3/p+1/b11-9-,17-15-,20-18-,23-21-,26-24-,39-36-,45-43-,51-49-. The highest BCUT2D eigenvalue weighted by atomic mass is 16.7. The highest BCUT2D eigenvalue weighted by molar-refractivity contribution is 5.71. The molecule has 2 atom stereocenters. The second kappa shape index (κ2) is 54.5. The van der Waals surface area contributed by atoms with Crippen LogP contribution in [0.2, 0.25) is 0 Å². The third kappa shape index (κ3) is 55.8. The fraction of sp³-hybridized carbons (Fsp3) is 0.703. The van der Waals surface area contributed by atoms with Crippen LogP contribution in [0, 0.1) is 0 Å². The smallest absolute Gasteiger partial charge is 0.361 e. The molecule has 0 aliphatic carbocycles. The molecule has 0 spiro atoms. The van der Waals surface area contributed by atoms with E-state index in [-0.39, 0.29) is 38.6 Å². The number of carbonyl (C=O) groups is 3. The zero-order valence-electron chi connectivity index (χ0n) is 47.5. The fourth-order valence-corrected chi connectivity index (χ4v) is 7.83. The number of allylic oxidation sites excluding steroid dienone is 16. The lowest BCUT2D eigenvalue weighted by molar-refractivity contribution is -0.870. The molecule has 0 radical (unpaired) electrons. The second-order valence-electron chi connectivity index (χ2n) is 20.6. The topological polar surface area (TPSA) is 108 Å². The molecule has 0 aromatic carbocycles. The van der Waals surface area contributed by atoms with Gasteiger partial charge in [-0.25, -0.2) is 4.79 Å². The summed E-state index contributed by atoms with van der Waals surface area (Å²) >= 11 is 0. The number of carboxylic acids is 1. The molecule has 0 amide bonds. The molecule has 0 aliphatic rings. The van der Waals surface area contributed by atoms with Gasteiger partial charge >= 0.3 is 17.9 Å². The Morgan fingerprint density at radius 1 is 0.425 bits per heavy atom. The molecular weight excluding hydrogens is 911 g/mol. The second-order valence-corrected chi connectivity index (χ2v) is 20.6. The van der Waals surface area contributed by atoms with Crippen LogP contribution in [0.4, 0.5) is 0 Å². The molecule has 0 bridgehead atoms. The average Bonchev–Trinajstić information content (AvgIpc) is 3.36. The van der Waals surface area contributed by atoms with Crippen LogP contribution in [0.25, 0.3) is 0 Å². The summed E-state index contributed by atoms with van der Waals surface area (Å²) in [6.07, 6.45) is 70.9. The van der Waals surface area contributed by atoms with Gasteiger partial charge in [-0.15, -0.1) is 0 Å². The number of aliphatic carboxylic acids is 1. The van der Waals surface area contributed by atoms with Crippen molar-refractivity contribution >= 4 is 17.9 Å². The molecule has 0 heterocycles. The maximum Gasteiger partial charge on any atom is 0.361 e. The van der Waals surface area contributed by atoms with Crippen molar-refractivity contribution in [3.8, 4) is 0 Å². The summed E-state index contributed by atoms with van der Waals surface area (Å²) in [4.78, 5) is 37.4. The van der Waals surface area contributed by atoms with E-state index in [9.17, 15) is 19.5 Å². The van der Waals surface area contributed by atoms with Crippen LogP contribution in [-0.4, -0.2) is 87.4 Å². The van der Waals surface area contributed by atoms with Gasteiger partial charge in [0.25, 0.3) is 6.29 Å². The molecule has 9 heteroatoms. The number of quaternary nitrogens is 1. The summed E-state index contributed by atoms with van der Waals surface area (Å²) in [7, 11) is 5.94. The molecule has 73 heavy (non-hydrogen) atoms. The van der Waals surface area contributed by atoms with Crippen LogP contribution < -0.4 is 0 Å². The minimum atomic E-state index is -1.53. The Kier molecular flexibility index (Phi) is 51.6. The van der Waals surface area contributed by atoms with E-state index in [1.54, 1.807) is 0 Å². The molecule has 0 aliphatic heterocycles. The summed E-state index contributed by atoms with van der Waals surface area (Å²) in [5, 5.41) is 9.69. The van der Waals surface area contributed by atoms with E-state index < -0.39 is 24.3 Å². The Labute approximate surface area is 448 Å². The molecule has 1 N–H and O–H groups in total. The molecule has 0 saturated carbocycles. The molecule has 0 rings (SSSR count). The molecule has 0 fully saturated rings. The third-order valence-corrected chi connectivity index (χ3v) is 12.3. The summed E-state index contributed by atoms with van der Waals surface area (Å²) < 4.78 is 22.8. The summed E-state index contributed by atoms with van der Waals surface area (Å²) in [6.45, 7) is 4.67. The molecular formula is C64H110NO8+. The summed E-state index contributed by atoms with van der Waals surface area (Å²) in [6, 6.07) is 0. The van der Waals surface area contributed by atoms with E-state index in [1.165, 1.54) is 135 Å². The number of esters is 2. The zero-order valence-corrected chi connectivity index (χ0v) is 47.5. The third-order valence-electron chi connectivity index (χ3n) is 12.3. The van der Waals surface area contributed by atoms with Gasteiger partial charge in [0.1, 0.15) is 13.2 Å². The molecule has 418 valence electrons. The molecule has 9 nitrogen and oxygen atoms in total. The van der Waals surface area contributed by atoms with Crippen molar-refractivity contribution in [3.05, 3.63) is 97.2 Å². The van der Waals surface area contributed by atoms with E-state index in [1.807, 2.05) is 33.3 Å². The minimum absolute atomic E-state index is 0.131. The van der Waals surface area contributed by atoms with Gasteiger partial charge < -0.3 is 28.5 Å². The van der Waals surface area contributed by atoms with Gasteiger partial charge in [-0.05, 0) is 83.5 Å². The van der Waals surface area contributed by atoms with Crippen LogP contribution >= 0.6 is 0 Å². The van der Waals surface area contributed by atoms with Crippen molar-refractivity contribution < 1.29 is 42.9 Å². The van der Waals surface area contributed by atoms with Gasteiger partial charge in [0.15, 0.2) is 6.10 Å². The van der Waals surface area contributed by atoms with Crippen molar-refractivity contribution in [2.24, 2.45) is 0 Å². The van der Waals surface area contributed by atoms with Crippen molar-refractivity contribution in [1.29, 1.82) is 0 Å². The zero-order chi connectivity index (χ0) is 53.4. The van der Waals surface area contributed by atoms with E-state index in [0.717, 1.165) is 64.2 Å². The number of nitrogens with zero attached hydrogens (tertiary/aromatic N) is 1. The summed E-state index contributed by atoms with van der Waals surface area (Å²) in [5.41, 5.74) is 0. The summed E-state index contributed by atoms with van der Waals surface area (Å²) in [5.74, 6) is -2.12. The Morgan fingerprint density at radius 3 is 1.22 bits per heavy atom. The molecule has 0 aromatic heterocycles. The molecule has 0 saturated heterocycles. The van der Waals surface area contributed by atoms with E-state index >= 15 is 0 Å². The molecule has 0 aromatic rings. The lowest BCUT2D eigenvalue weighted by Crippen LogP contribution is -2.40. The normalized spacial score (nSPS) is 13.5. The van der Waals surface area contributed by atoms with Crippen molar-refractivity contribution in [2.75, 3.05) is 47.5 Å². The SMILES string of the molecule is CC/C=C\C/C=C\C/C=C\C/C=C\C/C=C\C/C=C\CCC(=O)OC(COC(=O)CCCCCCCCCCCCCCCCCCC/C=C\C/C=C\CCCCCCC)COC(OCC[N+](C)(C)C)C(=O)O. The Morgan fingerprint density at radius 2 is 0.808 bits per heavy atom. The van der Waals surface area contributed by atoms with Gasteiger partial charge in [-0.2, -0.15) is 0 Å². The first-order valence-electron chi connectivity index (χ1n) is 29.4. The van der Waals surface area contributed by atoms with Gasteiger partial charge in [0.2, 0.25) is 0 Å². The first-order valence-corrected chi connectivity index (χ1v) is 29.4. The maximum atomic E-state index is 12.8. The average molecular weight is 1020 g/mol. The molecule has 2 unspecified atom stereocenters. The predicted octanol–water partition coefficient (Wildman–Crippen LogP) is 17.3. The van der Waals surface area contributed by atoms with Gasteiger partial charge in [0.05, 0.1) is 34.4 Å². The lowest BCUT2D eigenvalue weighted by atomic mass is 10.0. The highest BCUT2D eigenvalue weighted by Crippen LogP contribution is 2.16. The van der Waals surface area contributed by atoms with Crippen LogP contribution in [0.5, 0.6) is 0 Å². The maximum absolute atomic E-state index is 12.8. The van der Waals surface area contributed by atoms with Crippen LogP contribution in [0.1, 0.15) is 232 Å². The fourth-order valence-electron chi connectivity index (χ4n) is 7.83. The predicted molar refractivity (Wildman–Crippen MR) is 309 cm³/mol. The van der Waals surface area contributed by atoms with Gasteiger partial charge in [-0.3, -0.25) is 9.59 Å². The highest BCUT2D eigenvalue weighted by Gasteiger charge is 2.25. The largest absolute Gasteiger partial charge is 0.477 e. The Bertz CT molecular complexity index is 1520. The number of carboxylic acid groups (broad SMARTS) is 1. The van der Waals surface area contributed by atoms with E-state index in [2.05, 4.69) is 98.9 Å². The van der Waals surface area contributed by atoms with Crippen LogP contribution in [-0.2, 0) is 33.3 Å². The Balaban J connectivity index is 4.26. The first kappa shape index (κ1) is 69.2. The number of likely N-dealkylation sites (N-methyl/N-ethyl adjacent to an activating group) is 1. The van der Waals surface area contributed by atoms with Gasteiger partial charge in [0, 0.05) is 12.8 Å². The first-order chi connectivity index (χ1) is 35.6. The minimum Gasteiger partial charge on any atom is -0.477 e. The monoisotopic (exact) mass is 1020 g/mol.